The number of amides is 1. The zero-order chi connectivity index (χ0) is 27.3. The summed E-state index contributed by atoms with van der Waals surface area (Å²) >= 11 is 5.47. The van der Waals surface area contributed by atoms with Gasteiger partial charge in [-0.2, -0.15) is 18.4 Å². The van der Waals surface area contributed by atoms with Gasteiger partial charge in [0.05, 0.1) is 29.5 Å². The fourth-order valence-corrected chi connectivity index (χ4v) is 4.91. The van der Waals surface area contributed by atoms with Crippen molar-refractivity contribution in [1.29, 1.82) is 5.26 Å². The number of hydrogen-bond donors (Lipinski definition) is 2. The summed E-state index contributed by atoms with van der Waals surface area (Å²) in [7, 11) is 1.62. The summed E-state index contributed by atoms with van der Waals surface area (Å²) < 4.78 is 61.2. The van der Waals surface area contributed by atoms with Crippen LogP contribution in [0.15, 0.2) is 36.4 Å². The molecular weight excluding hydrogens is 512 g/mol. The zero-order valence-electron chi connectivity index (χ0n) is 20.2. The predicted octanol–water partition coefficient (Wildman–Crippen LogP) is 4.33. The highest BCUT2D eigenvalue weighted by molar-refractivity contribution is 7.81. The van der Waals surface area contributed by atoms with Crippen molar-refractivity contribution in [2.24, 2.45) is 5.41 Å². The molecule has 37 heavy (non-hydrogen) atoms. The van der Waals surface area contributed by atoms with Crippen molar-refractivity contribution in [3.05, 3.63) is 53.3 Å². The van der Waals surface area contributed by atoms with Crippen LogP contribution in [0.4, 0.5) is 28.9 Å². The molecular formula is C25H24F4N4O3S. The van der Waals surface area contributed by atoms with Gasteiger partial charge in [0.1, 0.15) is 11.8 Å². The van der Waals surface area contributed by atoms with Crippen LogP contribution in [0.3, 0.4) is 0 Å². The van der Waals surface area contributed by atoms with Crippen LogP contribution < -0.4 is 19.9 Å². The summed E-state index contributed by atoms with van der Waals surface area (Å²) in [4.78, 5) is 15.6. The number of ether oxygens (including phenoxy) is 1. The molecule has 0 bridgehead atoms. The maximum absolute atomic E-state index is 15.0. The molecule has 1 unspecified atom stereocenters. The Balaban J connectivity index is 1.63. The number of nitrogens with zero attached hydrogens (tertiary/aromatic N) is 3. The van der Waals surface area contributed by atoms with Crippen LogP contribution in [-0.4, -0.2) is 41.5 Å². The van der Waals surface area contributed by atoms with Gasteiger partial charge in [-0.05, 0) is 76.3 Å². The van der Waals surface area contributed by atoms with Crippen LogP contribution >= 0.6 is 12.2 Å². The lowest BCUT2D eigenvalue weighted by Crippen LogP contribution is -2.44. The largest absolute Gasteiger partial charge is 0.490 e. The molecule has 2 aromatic carbocycles. The number of aliphatic hydroxyl groups is 1. The number of nitrogens with one attached hydrogen (secondary N) is 1. The fourth-order valence-electron chi connectivity index (χ4n) is 4.39. The standard InChI is InChI=1S/C25H24F4N4O3S/c1-23(2)21(35)32(15-5-4-14(12-30)17(10-15)25(27,28)29)22(37)33(23)16-6-7-19(18(26)11-16)36-13-24(8-9-24)20(34)31-3/h4-7,10-11,20,31,34H,8-9,13H2,1-3H3. The number of anilines is 2. The highest BCUT2D eigenvalue weighted by Gasteiger charge is 2.51. The molecule has 1 saturated heterocycles. The molecule has 7 nitrogen and oxygen atoms in total. The number of carbonyl (C=O) groups is 1. The van der Waals surface area contributed by atoms with E-state index >= 15 is 4.39 Å². The number of halogens is 4. The van der Waals surface area contributed by atoms with Crippen LogP contribution in [0.2, 0.25) is 0 Å². The van der Waals surface area contributed by atoms with E-state index in [0.717, 1.165) is 29.9 Å². The van der Waals surface area contributed by atoms with Crippen molar-refractivity contribution in [3.63, 3.8) is 0 Å². The minimum absolute atomic E-state index is 0.0497. The maximum atomic E-state index is 15.0. The average molecular weight is 537 g/mol. The summed E-state index contributed by atoms with van der Waals surface area (Å²) in [6.45, 7) is 3.15. The second-order valence-corrected chi connectivity index (χ2v) is 9.98. The van der Waals surface area contributed by atoms with Gasteiger partial charge in [-0.15, -0.1) is 0 Å². The third kappa shape index (κ3) is 4.63. The Kier molecular flexibility index (Phi) is 6.69. The maximum Gasteiger partial charge on any atom is 0.417 e. The molecule has 1 amide bonds. The number of rotatable bonds is 7. The van der Waals surface area contributed by atoms with Gasteiger partial charge in [0.2, 0.25) is 0 Å². The molecule has 1 atom stereocenters. The molecule has 0 aromatic heterocycles. The van der Waals surface area contributed by atoms with Crippen molar-refractivity contribution in [2.45, 2.75) is 44.6 Å². The third-order valence-corrected chi connectivity index (χ3v) is 7.15. The van der Waals surface area contributed by atoms with Crippen molar-refractivity contribution < 1.29 is 32.2 Å². The lowest BCUT2D eigenvalue weighted by Gasteiger charge is -2.29. The number of thiocarbonyl (C=S) groups is 1. The first-order chi connectivity index (χ1) is 17.3. The zero-order valence-corrected chi connectivity index (χ0v) is 21.0. The molecule has 2 aliphatic rings. The smallest absolute Gasteiger partial charge is 0.417 e. The van der Waals surface area contributed by atoms with E-state index < -0.39 is 46.2 Å². The number of carbonyl (C=O) groups excluding carboxylic acids is 1. The summed E-state index contributed by atoms with van der Waals surface area (Å²) in [5.74, 6) is -1.39. The summed E-state index contributed by atoms with van der Waals surface area (Å²) in [5, 5.41) is 21.8. The van der Waals surface area contributed by atoms with Gasteiger partial charge in [0, 0.05) is 17.2 Å². The predicted molar refractivity (Wildman–Crippen MR) is 131 cm³/mol. The number of aliphatic hydroxyl groups excluding tert-OH is 1. The molecule has 4 rings (SSSR count). The summed E-state index contributed by atoms with van der Waals surface area (Å²) in [5.41, 5.74) is -3.57. The minimum Gasteiger partial charge on any atom is -0.490 e. The van der Waals surface area contributed by atoms with Crippen LogP contribution in [0, 0.1) is 22.6 Å². The second kappa shape index (κ2) is 9.24. The molecule has 0 spiro atoms. The van der Waals surface area contributed by atoms with Crippen LogP contribution in [0.5, 0.6) is 5.75 Å². The van der Waals surface area contributed by atoms with Gasteiger partial charge in [0.25, 0.3) is 5.91 Å². The van der Waals surface area contributed by atoms with Crippen LogP contribution in [0.25, 0.3) is 0 Å². The van der Waals surface area contributed by atoms with Gasteiger partial charge >= 0.3 is 6.18 Å². The molecule has 196 valence electrons. The van der Waals surface area contributed by atoms with E-state index in [4.69, 9.17) is 22.2 Å². The highest BCUT2D eigenvalue weighted by atomic mass is 32.1. The molecule has 2 fully saturated rings. The van der Waals surface area contributed by atoms with E-state index in [0.29, 0.717) is 6.07 Å². The summed E-state index contributed by atoms with van der Waals surface area (Å²) in [6, 6.07) is 8.40. The molecule has 2 N–H and O–H groups in total. The van der Waals surface area contributed by atoms with Crippen molar-refractivity contribution in [3.8, 4) is 11.8 Å². The van der Waals surface area contributed by atoms with Gasteiger partial charge in [-0.25, -0.2) is 4.39 Å². The topological polar surface area (TPSA) is 88.8 Å². The number of nitriles is 1. The van der Waals surface area contributed by atoms with E-state index in [9.17, 15) is 23.1 Å². The van der Waals surface area contributed by atoms with E-state index in [2.05, 4.69) is 5.32 Å². The third-order valence-electron chi connectivity index (χ3n) is 6.79. The molecule has 1 saturated carbocycles. The van der Waals surface area contributed by atoms with Crippen molar-refractivity contribution in [1.82, 2.24) is 5.32 Å². The first-order valence-corrected chi connectivity index (χ1v) is 11.8. The van der Waals surface area contributed by atoms with E-state index in [1.54, 1.807) is 7.05 Å². The minimum atomic E-state index is -4.82. The average Bonchev–Trinajstić information content (AvgIpc) is 3.60. The van der Waals surface area contributed by atoms with Gasteiger partial charge in [-0.3, -0.25) is 15.0 Å². The lowest BCUT2D eigenvalue weighted by atomic mass is 10.0. The van der Waals surface area contributed by atoms with Crippen LogP contribution in [-0.2, 0) is 11.0 Å². The Hall–Kier alpha value is -3.27. The van der Waals surface area contributed by atoms with Gasteiger partial charge < -0.3 is 14.7 Å². The normalized spacial score (nSPS) is 19.1. The van der Waals surface area contributed by atoms with Crippen molar-refractivity contribution in [2.75, 3.05) is 23.5 Å². The highest BCUT2D eigenvalue weighted by Crippen LogP contribution is 2.48. The molecule has 1 aliphatic heterocycles. The van der Waals surface area contributed by atoms with Crippen LogP contribution in [0.1, 0.15) is 37.8 Å². The first-order valence-electron chi connectivity index (χ1n) is 11.3. The molecule has 12 heteroatoms. The van der Waals surface area contributed by atoms with E-state index in [1.165, 1.54) is 43.0 Å². The number of hydrogen-bond acceptors (Lipinski definition) is 6. The van der Waals surface area contributed by atoms with Gasteiger partial charge in [-0.1, -0.05) is 0 Å². The molecule has 2 aromatic rings. The monoisotopic (exact) mass is 536 g/mol. The Morgan fingerprint density at radius 3 is 2.41 bits per heavy atom. The van der Waals surface area contributed by atoms with E-state index in [-0.39, 0.29) is 28.8 Å². The first kappa shape index (κ1) is 26.8. The quantitative estimate of drug-likeness (QED) is 0.309. The number of benzene rings is 2. The molecule has 1 aliphatic carbocycles. The van der Waals surface area contributed by atoms with E-state index in [1.807, 2.05) is 0 Å². The Morgan fingerprint density at radius 2 is 1.86 bits per heavy atom. The SMILES string of the molecule is CNC(O)C1(COc2ccc(N3C(=S)N(c4ccc(C#N)c(C(F)(F)F)c4)C(=O)C3(C)C)cc2F)CC1. The lowest BCUT2D eigenvalue weighted by molar-refractivity contribution is -0.137. The second-order valence-electron chi connectivity index (χ2n) is 9.61. The summed E-state index contributed by atoms with van der Waals surface area (Å²) in [6.07, 6.45) is -4.14. The Bertz CT molecular complexity index is 1300. The van der Waals surface area contributed by atoms with Gasteiger partial charge in [0.15, 0.2) is 16.7 Å². The number of alkyl halides is 3. The fraction of sp³-hybridized carbons (Fsp3) is 0.400. The van der Waals surface area contributed by atoms with Crippen molar-refractivity contribution >= 4 is 34.6 Å². The Morgan fingerprint density at radius 1 is 1.22 bits per heavy atom. The molecule has 1 heterocycles. The molecule has 0 radical (unpaired) electrons. The Labute approximate surface area is 216 Å².